The lowest BCUT2D eigenvalue weighted by molar-refractivity contribution is -0.120. The van der Waals surface area contributed by atoms with E-state index in [-0.39, 0.29) is 17.7 Å². The van der Waals surface area contributed by atoms with Crippen LogP contribution < -0.4 is 5.32 Å². The van der Waals surface area contributed by atoms with Crippen LogP contribution in [0.3, 0.4) is 0 Å². The van der Waals surface area contributed by atoms with Crippen molar-refractivity contribution in [2.45, 2.75) is 30.0 Å². The third-order valence-corrected chi connectivity index (χ3v) is 5.14. The van der Waals surface area contributed by atoms with Gasteiger partial charge in [0.05, 0.1) is 22.0 Å². The van der Waals surface area contributed by atoms with Crippen LogP contribution in [0.5, 0.6) is 0 Å². The first-order valence-electron chi connectivity index (χ1n) is 6.71. The molecule has 0 aliphatic carbocycles. The molecule has 1 N–H and O–H groups in total. The maximum Gasteiger partial charge on any atom is 0.233 e. The van der Waals surface area contributed by atoms with E-state index in [9.17, 15) is 4.79 Å². The van der Waals surface area contributed by atoms with Gasteiger partial charge in [0.1, 0.15) is 0 Å². The van der Waals surface area contributed by atoms with Gasteiger partial charge in [0.15, 0.2) is 10.2 Å². The van der Waals surface area contributed by atoms with Gasteiger partial charge in [0.25, 0.3) is 0 Å². The molecule has 1 aromatic carbocycles. The second-order valence-electron chi connectivity index (χ2n) is 4.66. The van der Waals surface area contributed by atoms with Gasteiger partial charge in [-0.05, 0) is 19.1 Å². The number of thiazole rings is 1. The van der Waals surface area contributed by atoms with E-state index in [0.717, 1.165) is 14.6 Å². The fourth-order valence-electron chi connectivity index (χ4n) is 1.83. The third-order valence-electron chi connectivity index (χ3n) is 2.91. The molecule has 2 aromatic heterocycles. The Hall–Kier alpha value is -1.93. The summed E-state index contributed by atoms with van der Waals surface area (Å²) in [5, 5.41) is 6.30. The van der Waals surface area contributed by atoms with E-state index in [1.165, 1.54) is 11.8 Å². The number of benzene rings is 1. The maximum absolute atomic E-state index is 12.1. The Bertz CT molecular complexity index is 766. The van der Waals surface area contributed by atoms with Gasteiger partial charge in [-0.3, -0.25) is 4.79 Å². The van der Waals surface area contributed by atoms with Gasteiger partial charge in [-0.25, -0.2) is 4.98 Å². The molecular weight excluding hydrogens is 320 g/mol. The van der Waals surface area contributed by atoms with Crippen molar-refractivity contribution < 1.29 is 9.32 Å². The van der Waals surface area contributed by atoms with Crippen molar-refractivity contribution in [1.29, 1.82) is 0 Å². The van der Waals surface area contributed by atoms with Crippen LogP contribution >= 0.6 is 23.1 Å². The molecule has 0 fully saturated rings. The highest BCUT2D eigenvalue weighted by molar-refractivity contribution is 8.02. The minimum absolute atomic E-state index is 0.0771. The summed E-state index contributed by atoms with van der Waals surface area (Å²) in [7, 11) is 0. The first kappa shape index (κ1) is 15.0. The first-order valence-corrected chi connectivity index (χ1v) is 8.40. The molecule has 114 valence electrons. The molecule has 2 heterocycles. The smallest absolute Gasteiger partial charge is 0.233 e. The van der Waals surface area contributed by atoms with Gasteiger partial charge in [-0.15, -0.1) is 11.3 Å². The molecule has 3 aromatic rings. The quantitative estimate of drug-likeness (QED) is 0.723. The number of nitrogens with one attached hydrogen (secondary N) is 1. The lowest BCUT2D eigenvalue weighted by Crippen LogP contribution is -2.30. The van der Waals surface area contributed by atoms with Crippen molar-refractivity contribution in [3.63, 3.8) is 0 Å². The van der Waals surface area contributed by atoms with Crippen LogP contribution in [0, 0.1) is 6.92 Å². The SMILES string of the molecule is Cc1nc(CNC(=O)[C@@H](C)Sc2nc3ccccc3s2)no1. The number of fused-ring (bicyclic) bond motifs is 1. The van der Waals surface area contributed by atoms with Crippen LogP contribution in [-0.4, -0.2) is 26.3 Å². The van der Waals surface area contributed by atoms with E-state index in [1.54, 1.807) is 18.3 Å². The molecule has 6 nitrogen and oxygen atoms in total. The summed E-state index contributed by atoms with van der Waals surface area (Å²) in [6.07, 6.45) is 0. The van der Waals surface area contributed by atoms with Crippen molar-refractivity contribution >= 4 is 39.2 Å². The topological polar surface area (TPSA) is 80.9 Å². The van der Waals surface area contributed by atoms with Gasteiger partial charge in [0, 0.05) is 6.92 Å². The Morgan fingerprint density at radius 2 is 2.23 bits per heavy atom. The van der Waals surface area contributed by atoms with Gasteiger partial charge >= 0.3 is 0 Å². The Labute approximate surface area is 135 Å². The highest BCUT2D eigenvalue weighted by Crippen LogP contribution is 2.31. The van der Waals surface area contributed by atoms with Crippen molar-refractivity contribution in [3.05, 3.63) is 36.0 Å². The van der Waals surface area contributed by atoms with E-state index in [0.29, 0.717) is 11.7 Å². The van der Waals surface area contributed by atoms with Crippen LogP contribution in [0.25, 0.3) is 10.2 Å². The minimum Gasteiger partial charge on any atom is -0.348 e. The van der Waals surface area contributed by atoms with E-state index in [4.69, 9.17) is 4.52 Å². The number of para-hydroxylation sites is 1. The Balaban J connectivity index is 1.58. The van der Waals surface area contributed by atoms with E-state index < -0.39 is 0 Å². The minimum atomic E-state index is -0.242. The van der Waals surface area contributed by atoms with Crippen LogP contribution in [0.2, 0.25) is 0 Å². The summed E-state index contributed by atoms with van der Waals surface area (Å²) in [5.41, 5.74) is 0.963. The maximum atomic E-state index is 12.1. The molecule has 0 bridgehead atoms. The Kier molecular flexibility index (Phi) is 4.39. The van der Waals surface area contributed by atoms with Crippen molar-refractivity contribution in [2.75, 3.05) is 0 Å². The monoisotopic (exact) mass is 334 g/mol. The second-order valence-corrected chi connectivity index (χ2v) is 7.27. The molecule has 3 rings (SSSR count). The number of aromatic nitrogens is 3. The standard InChI is InChI=1S/C14H14N4O2S2/c1-8(13(19)15-7-12-16-9(2)20-18-12)21-14-17-10-5-3-4-6-11(10)22-14/h3-6,8H,7H2,1-2H3,(H,15,19)/t8-/m1/s1. The van der Waals surface area contributed by atoms with Crippen LogP contribution in [0.1, 0.15) is 18.6 Å². The second kappa shape index (κ2) is 6.45. The molecule has 8 heteroatoms. The van der Waals surface area contributed by atoms with Crippen LogP contribution in [0.4, 0.5) is 0 Å². The molecule has 22 heavy (non-hydrogen) atoms. The molecule has 0 unspecified atom stereocenters. The summed E-state index contributed by atoms with van der Waals surface area (Å²) in [4.78, 5) is 20.7. The molecule has 0 spiro atoms. The van der Waals surface area contributed by atoms with Crippen LogP contribution in [-0.2, 0) is 11.3 Å². The Morgan fingerprint density at radius 3 is 2.95 bits per heavy atom. The van der Waals surface area contributed by atoms with E-state index in [2.05, 4.69) is 20.4 Å². The summed E-state index contributed by atoms with van der Waals surface area (Å²) in [6.45, 7) is 3.83. The molecule has 0 radical (unpaired) electrons. The number of aryl methyl sites for hydroxylation is 1. The average molecular weight is 334 g/mol. The number of rotatable bonds is 5. The highest BCUT2D eigenvalue weighted by atomic mass is 32.2. The molecule has 0 saturated heterocycles. The van der Waals surface area contributed by atoms with Gasteiger partial charge in [-0.2, -0.15) is 4.98 Å². The summed E-state index contributed by atoms with van der Waals surface area (Å²) in [6, 6.07) is 7.94. The van der Waals surface area contributed by atoms with Crippen molar-refractivity contribution in [2.24, 2.45) is 0 Å². The fourth-order valence-corrected chi connectivity index (χ4v) is 4.06. The molecule has 0 saturated carbocycles. The number of nitrogens with zero attached hydrogens (tertiary/aromatic N) is 3. The van der Waals surface area contributed by atoms with E-state index >= 15 is 0 Å². The summed E-state index contributed by atoms with van der Waals surface area (Å²) in [5.74, 6) is 0.885. The zero-order valence-electron chi connectivity index (χ0n) is 12.1. The predicted octanol–water partition coefficient (Wildman–Crippen LogP) is 2.78. The molecule has 1 amide bonds. The zero-order chi connectivity index (χ0) is 15.5. The summed E-state index contributed by atoms with van der Waals surface area (Å²) < 4.78 is 6.87. The number of thioether (sulfide) groups is 1. The molecular formula is C14H14N4O2S2. The fraction of sp³-hybridized carbons (Fsp3) is 0.286. The van der Waals surface area contributed by atoms with Crippen LogP contribution in [0.15, 0.2) is 33.1 Å². The average Bonchev–Trinajstić information content (AvgIpc) is 3.09. The number of carbonyl (C=O) groups is 1. The predicted molar refractivity (Wildman–Crippen MR) is 85.8 cm³/mol. The van der Waals surface area contributed by atoms with Gasteiger partial charge < -0.3 is 9.84 Å². The van der Waals surface area contributed by atoms with Gasteiger partial charge in [0.2, 0.25) is 11.8 Å². The van der Waals surface area contributed by atoms with Crippen molar-refractivity contribution in [3.8, 4) is 0 Å². The molecule has 0 aliphatic heterocycles. The third kappa shape index (κ3) is 3.45. The van der Waals surface area contributed by atoms with Gasteiger partial charge in [-0.1, -0.05) is 29.1 Å². The largest absolute Gasteiger partial charge is 0.348 e. The zero-order valence-corrected chi connectivity index (χ0v) is 13.7. The number of hydrogen-bond acceptors (Lipinski definition) is 7. The molecule has 1 atom stereocenters. The summed E-state index contributed by atoms with van der Waals surface area (Å²) >= 11 is 3.04. The van der Waals surface area contributed by atoms with E-state index in [1.807, 2.05) is 31.2 Å². The lowest BCUT2D eigenvalue weighted by Gasteiger charge is -2.08. The Morgan fingerprint density at radius 1 is 1.41 bits per heavy atom. The first-order chi connectivity index (χ1) is 10.6. The highest BCUT2D eigenvalue weighted by Gasteiger charge is 2.17. The number of hydrogen-bond donors (Lipinski definition) is 1. The number of amides is 1. The normalized spacial score (nSPS) is 12.5. The van der Waals surface area contributed by atoms with Crippen molar-refractivity contribution in [1.82, 2.24) is 20.4 Å². The number of carbonyl (C=O) groups excluding carboxylic acids is 1. The molecule has 0 aliphatic rings. The lowest BCUT2D eigenvalue weighted by atomic mass is 10.3.